The van der Waals surface area contributed by atoms with Crippen molar-refractivity contribution in [3.8, 4) is 0 Å². The molecule has 2 aromatic heterocycles. The highest BCUT2D eigenvalue weighted by Gasteiger charge is 2.34. The molecule has 2 aromatic rings. The number of methoxy groups -OCH3 is 1. The van der Waals surface area contributed by atoms with Gasteiger partial charge in [-0.15, -0.1) is 0 Å². The second-order valence-electron chi connectivity index (χ2n) is 4.79. The molecule has 0 saturated carbocycles. The van der Waals surface area contributed by atoms with Gasteiger partial charge in [-0.3, -0.25) is 9.59 Å². The van der Waals surface area contributed by atoms with Gasteiger partial charge in [0.05, 0.1) is 24.8 Å². The highest BCUT2D eigenvalue weighted by Crippen LogP contribution is 2.22. The van der Waals surface area contributed by atoms with Crippen LogP contribution in [0.2, 0.25) is 0 Å². The molecule has 0 aromatic carbocycles. The molecule has 20 heavy (non-hydrogen) atoms. The molecule has 0 bridgehead atoms. The van der Waals surface area contributed by atoms with E-state index in [0.717, 1.165) is 0 Å². The summed E-state index contributed by atoms with van der Waals surface area (Å²) in [5.41, 5.74) is 1.02. The van der Waals surface area contributed by atoms with Crippen LogP contribution in [0.4, 0.5) is 0 Å². The summed E-state index contributed by atoms with van der Waals surface area (Å²) < 4.78 is 6.88. The summed E-state index contributed by atoms with van der Waals surface area (Å²) >= 11 is 3.22. The van der Waals surface area contributed by atoms with Crippen molar-refractivity contribution in [1.82, 2.24) is 19.5 Å². The average Bonchev–Trinajstić information content (AvgIpc) is 2.92. The SMILES string of the molecule is COC[C@H](C)N1Cc2c([nH]c3cc(Br)nn3c2=O)C1=O. The van der Waals surface area contributed by atoms with Gasteiger partial charge >= 0.3 is 0 Å². The van der Waals surface area contributed by atoms with Crippen LogP contribution in [0, 0.1) is 0 Å². The normalized spacial score (nSPS) is 15.9. The number of nitrogens with one attached hydrogen (secondary N) is 1. The second kappa shape index (κ2) is 4.71. The fraction of sp³-hybridized carbons (Fsp3) is 0.417. The predicted molar refractivity (Wildman–Crippen MR) is 74.7 cm³/mol. The maximum Gasteiger partial charge on any atom is 0.280 e. The number of aromatic nitrogens is 3. The van der Waals surface area contributed by atoms with Gasteiger partial charge in [0.25, 0.3) is 11.5 Å². The van der Waals surface area contributed by atoms with Crippen molar-refractivity contribution in [2.24, 2.45) is 0 Å². The van der Waals surface area contributed by atoms with Crippen molar-refractivity contribution in [3.63, 3.8) is 0 Å². The molecule has 0 unspecified atom stereocenters. The summed E-state index contributed by atoms with van der Waals surface area (Å²) in [6, 6.07) is 1.57. The van der Waals surface area contributed by atoms with Crippen LogP contribution in [0.5, 0.6) is 0 Å². The number of rotatable bonds is 3. The lowest BCUT2D eigenvalue weighted by Crippen LogP contribution is -2.36. The first-order chi connectivity index (χ1) is 9.52. The van der Waals surface area contributed by atoms with Gasteiger partial charge in [-0.2, -0.15) is 9.61 Å². The molecule has 106 valence electrons. The van der Waals surface area contributed by atoms with Gasteiger partial charge in [0, 0.05) is 13.2 Å². The molecule has 0 aliphatic carbocycles. The Balaban J connectivity index is 2.10. The highest BCUT2D eigenvalue weighted by molar-refractivity contribution is 9.10. The Kier molecular flexibility index (Phi) is 3.14. The summed E-state index contributed by atoms with van der Waals surface area (Å²) in [5, 5.41) is 4.06. The van der Waals surface area contributed by atoms with Gasteiger partial charge in [-0.05, 0) is 22.9 Å². The first-order valence-corrected chi connectivity index (χ1v) is 6.92. The van der Waals surface area contributed by atoms with Crippen molar-refractivity contribution in [3.05, 3.63) is 32.3 Å². The number of carbonyl (C=O) groups is 1. The van der Waals surface area contributed by atoms with Crippen molar-refractivity contribution in [2.75, 3.05) is 13.7 Å². The van der Waals surface area contributed by atoms with Gasteiger partial charge in [-0.25, -0.2) is 0 Å². The minimum Gasteiger partial charge on any atom is -0.383 e. The maximum absolute atomic E-state index is 12.4. The molecule has 3 rings (SSSR count). The average molecular weight is 341 g/mol. The van der Waals surface area contributed by atoms with Crippen molar-refractivity contribution in [2.45, 2.75) is 19.5 Å². The van der Waals surface area contributed by atoms with Gasteiger partial charge < -0.3 is 14.6 Å². The Hall–Kier alpha value is -1.67. The number of hydrogen-bond acceptors (Lipinski definition) is 4. The molecule has 0 radical (unpaired) electrons. The lowest BCUT2D eigenvalue weighted by atomic mass is 10.2. The van der Waals surface area contributed by atoms with E-state index in [1.165, 1.54) is 4.52 Å². The lowest BCUT2D eigenvalue weighted by molar-refractivity contribution is 0.0584. The fourth-order valence-corrected chi connectivity index (χ4v) is 2.81. The molecule has 1 aliphatic heterocycles. The summed E-state index contributed by atoms with van der Waals surface area (Å²) in [4.78, 5) is 29.3. The van der Waals surface area contributed by atoms with E-state index in [2.05, 4.69) is 26.0 Å². The molecule has 1 atom stereocenters. The van der Waals surface area contributed by atoms with E-state index in [9.17, 15) is 9.59 Å². The van der Waals surface area contributed by atoms with Crippen molar-refractivity contribution in [1.29, 1.82) is 0 Å². The summed E-state index contributed by atoms with van der Waals surface area (Å²) in [6.45, 7) is 2.59. The Morgan fingerprint density at radius 2 is 2.30 bits per heavy atom. The Morgan fingerprint density at radius 3 is 3.00 bits per heavy atom. The van der Waals surface area contributed by atoms with E-state index >= 15 is 0 Å². The number of amides is 1. The number of fused-ring (bicyclic) bond motifs is 2. The number of halogens is 1. The molecule has 8 heteroatoms. The molecular weight excluding hydrogens is 328 g/mol. The minimum absolute atomic E-state index is 0.0910. The van der Waals surface area contributed by atoms with Gasteiger partial charge in [0.1, 0.15) is 15.9 Å². The molecule has 1 N–H and O–H groups in total. The fourth-order valence-electron chi connectivity index (χ4n) is 2.44. The standard InChI is InChI=1S/C12H13BrN4O3/c1-6(5-20-2)16-4-7-10(12(16)19)14-9-3-8(13)15-17(9)11(7)18/h3,6,14H,4-5H2,1-2H3/t6-/m0/s1. The molecule has 0 fully saturated rings. The Bertz CT molecular complexity index is 751. The molecular formula is C12H13BrN4O3. The van der Waals surface area contributed by atoms with Crippen molar-refractivity contribution >= 4 is 27.5 Å². The van der Waals surface area contributed by atoms with E-state index in [1.54, 1.807) is 18.1 Å². The van der Waals surface area contributed by atoms with E-state index in [0.29, 0.717) is 28.1 Å². The van der Waals surface area contributed by atoms with Gasteiger partial charge in [-0.1, -0.05) is 0 Å². The number of aromatic amines is 1. The number of H-pyrrole nitrogens is 1. The smallest absolute Gasteiger partial charge is 0.280 e. The molecule has 7 nitrogen and oxygen atoms in total. The van der Waals surface area contributed by atoms with E-state index in [-0.39, 0.29) is 24.1 Å². The number of carbonyl (C=O) groups excluding carboxylic acids is 1. The van der Waals surface area contributed by atoms with E-state index in [4.69, 9.17) is 4.74 Å². The second-order valence-corrected chi connectivity index (χ2v) is 5.60. The minimum atomic E-state index is -0.264. The van der Waals surface area contributed by atoms with Crippen LogP contribution in [-0.2, 0) is 11.3 Å². The summed E-state index contributed by atoms with van der Waals surface area (Å²) in [6.07, 6.45) is 0. The van der Waals surface area contributed by atoms with E-state index in [1.807, 2.05) is 6.92 Å². The van der Waals surface area contributed by atoms with Crippen LogP contribution in [0.3, 0.4) is 0 Å². The molecule has 1 amide bonds. The zero-order valence-electron chi connectivity index (χ0n) is 11.0. The third-order valence-electron chi connectivity index (χ3n) is 3.43. The number of nitrogens with zero attached hydrogens (tertiary/aromatic N) is 3. The van der Waals surface area contributed by atoms with Crippen LogP contribution in [0.1, 0.15) is 23.0 Å². The predicted octanol–water partition coefficient (Wildman–Crippen LogP) is 0.776. The van der Waals surface area contributed by atoms with Crippen LogP contribution < -0.4 is 5.56 Å². The molecule has 3 heterocycles. The monoisotopic (exact) mass is 340 g/mol. The quantitative estimate of drug-likeness (QED) is 0.895. The summed E-state index contributed by atoms with van der Waals surface area (Å²) in [7, 11) is 1.58. The third kappa shape index (κ3) is 1.87. The first kappa shape index (κ1) is 13.3. The largest absolute Gasteiger partial charge is 0.383 e. The number of ether oxygens (including phenoxy) is 1. The van der Waals surface area contributed by atoms with E-state index < -0.39 is 0 Å². The summed E-state index contributed by atoms with van der Waals surface area (Å²) in [5.74, 6) is -0.179. The lowest BCUT2D eigenvalue weighted by Gasteiger charge is -2.22. The van der Waals surface area contributed by atoms with Crippen molar-refractivity contribution < 1.29 is 9.53 Å². The van der Waals surface area contributed by atoms with Crippen LogP contribution in [0.25, 0.3) is 5.65 Å². The molecule has 1 aliphatic rings. The number of hydrogen-bond donors (Lipinski definition) is 1. The topological polar surface area (TPSA) is 79.7 Å². The molecule has 0 saturated heterocycles. The third-order valence-corrected chi connectivity index (χ3v) is 3.82. The highest BCUT2D eigenvalue weighted by atomic mass is 79.9. The van der Waals surface area contributed by atoms with Crippen LogP contribution in [-0.4, -0.2) is 45.2 Å². The van der Waals surface area contributed by atoms with Gasteiger partial charge in [0.15, 0.2) is 0 Å². The Labute approximate surface area is 122 Å². The van der Waals surface area contributed by atoms with Crippen LogP contribution >= 0.6 is 15.9 Å². The van der Waals surface area contributed by atoms with Crippen LogP contribution in [0.15, 0.2) is 15.5 Å². The Morgan fingerprint density at radius 1 is 1.55 bits per heavy atom. The first-order valence-electron chi connectivity index (χ1n) is 6.13. The zero-order valence-corrected chi connectivity index (χ0v) is 12.6. The molecule has 0 spiro atoms. The van der Waals surface area contributed by atoms with Gasteiger partial charge in [0.2, 0.25) is 0 Å². The maximum atomic E-state index is 12.4. The zero-order chi connectivity index (χ0) is 14.4.